The van der Waals surface area contributed by atoms with Gasteiger partial charge in [0.05, 0.1) is 17.7 Å². The number of β-amino-alcohol motifs (C(OH)–C–C–N with tert-alkyl or cyclic N) is 1. The van der Waals surface area contributed by atoms with E-state index in [1.165, 1.54) is 4.90 Å². The second kappa shape index (κ2) is 8.46. The number of amides is 1. The molecule has 3 heterocycles. The summed E-state index contributed by atoms with van der Waals surface area (Å²) in [6.45, 7) is 2.57. The zero-order chi connectivity index (χ0) is 25.0. The van der Waals surface area contributed by atoms with Gasteiger partial charge in [0.15, 0.2) is 0 Å². The number of anilines is 1. The van der Waals surface area contributed by atoms with Crippen molar-refractivity contribution in [2.75, 3.05) is 18.0 Å². The Balaban J connectivity index is 1.40. The molecule has 0 saturated carbocycles. The highest BCUT2D eigenvalue weighted by atomic mass is 19.4. The summed E-state index contributed by atoms with van der Waals surface area (Å²) in [6.07, 6.45) is -1.64. The second-order valence-corrected chi connectivity index (χ2v) is 9.73. The third-order valence-electron chi connectivity index (χ3n) is 6.61. The molecule has 0 bridgehead atoms. The van der Waals surface area contributed by atoms with Crippen molar-refractivity contribution in [1.29, 1.82) is 0 Å². The molecule has 0 spiro atoms. The summed E-state index contributed by atoms with van der Waals surface area (Å²) >= 11 is 0. The fourth-order valence-electron chi connectivity index (χ4n) is 4.98. The number of aromatic nitrogens is 3. The maximum atomic E-state index is 14.0. The maximum Gasteiger partial charge on any atom is 0.416 e. The first kappa shape index (κ1) is 23.5. The highest BCUT2D eigenvalue weighted by Gasteiger charge is 2.41. The quantitative estimate of drug-likeness (QED) is 0.580. The Morgan fingerprint density at radius 3 is 2.54 bits per heavy atom. The van der Waals surface area contributed by atoms with Crippen LogP contribution in [0.5, 0.6) is 0 Å². The summed E-state index contributed by atoms with van der Waals surface area (Å²) in [6, 6.07) is 10.0. The number of carbonyl (C=O) groups is 1. The van der Waals surface area contributed by atoms with Crippen molar-refractivity contribution in [1.82, 2.24) is 19.7 Å². The predicted molar refractivity (Wildman–Crippen MR) is 123 cm³/mol. The van der Waals surface area contributed by atoms with Crippen LogP contribution in [0.15, 0.2) is 42.7 Å². The van der Waals surface area contributed by atoms with Crippen molar-refractivity contribution >= 4 is 11.6 Å². The van der Waals surface area contributed by atoms with Crippen molar-refractivity contribution in [3.8, 4) is 0 Å². The number of nitrogens with zero attached hydrogens (tertiary/aromatic N) is 5. The predicted octanol–water partition coefficient (Wildman–Crippen LogP) is 3.35. The number of hydrogen-bond donors (Lipinski definition) is 1. The Morgan fingerprint density at radius 1 is 1.11 bits per heavy atom. The summed E-state index contributed by atoms with van der Waals surface area (Å²) in [4.78, 5) is 16.6. The number of aryl methyl sites for hydroxylation is 3. The van der Waals surface area contributed by atoms with Crippen LogP contribution < -0.4 is 4.90 Å². The summed E-state index contributed by atoms with van der Waals surface area (Å²) in [5, 5.41) is 17.9. The lowest BCUT2D eigenvalue weighted by molar-refractivity contribution is -0.138. The molecule has 2 aliphatic rings. The van der Waals surface area contributed by atoms with Crippen LogP contribution in [0.25, 0.3) is 0 Å². The number of fused-ring (bicyclic) bond motifs is 1. The topological polar surface area (TPSA) is 74.5 Å². The van der Waals surface area contributed by atoms with Crippen molar-refractivity contribution in [3.63, 3.8) is 0 Å². The smallest absolute Gasteiger partial charge is 0.388 e. The third-order valence-corrected chi connectivity index (χ3v) is 6.61. The number of benzene rings is 2. The first-order chi connectivity index (χ1) is 16.5. The van der Waals surface area contributed by atoms with Gasteiger partial charge in [-0.1, -0.05) is 12.1 Å². The number of alkyl halides is 3. The Hall–Kier alpha value is -3.24. The highest BCUT2D eigenvalue weighted by Crippen LogP contribution is 2.40. The zero-order valence-electron chi connectivity index (χ0n) is 19.5. The summed E-state index contributed by atoms with van der Waals surface area (Å²) < 4.78 is 43.7. The van der Waals surface area contributed by atoms with Gasteiger partial charge < -0.3 is 14.6 Å². The van der Waals surface area contributed by atoms with E-state index in [-0.39, 0.29) is 24.2 Å². The molecule has 0 aliphatic carbocycles. The summed E-state index contributed by atoms with van der Waals surface area (Å²) in [5.74, 6) is 0.388. The molecule has 184 valence electrons. The standard InChI is InChI=1S/C25H26F3N5O2/c1-24(35)13-32(14-24)11-17-9-19-20(21(10-17)25(26,27)28)12-33(23(19)34)18-5-3-4-16(8-18)6-7-22-30-29-15-31(22)2/h3-5,8-10,15,35H,6-7,11-14H2,1-2H3. The first-order valence-corrected chi connectivity index (χ1v) is 11.4. The average Bonchev–Trinajstić information content (AvgIpc) is 3.33. The molecule has 7 nitrogen and oxygen atoms in total. The van der Waals surface area contributed by atoms with Gasteiger partial charge in [0.25, 0.3) is 5.91 Å². The van der Waals surface area contributed by atoms with Gasteiger partial charge in [-0.3, -0.25) is 9.69 Å². The van der Waals surface area contributed by atoms with Crippen LogP contribution in [0.3, 0.4) is 0 Å². The van der Waals surface area contributed by atoms with Crippen molar-refractivity contribution in [2.45, 2.75) is 44.6 Å². The van der Waals surface area contributed by atoms with E-state index in [2.05, 4.69) is 10.2 Å². The van der Waals surface area contributed by atoms with E-state index in [0.29, 0.717) is 37.2 Å². The lowest BCUT2D eigenvalue weighted by atomic mass is 9.94. The SMILES string of the molecule is Cn1cnnc1CCc1cccc(N2Cc3c(cc(CN4CC(C)(O)C4)cc3C(F)(F)F)C2=O)c1. The van der Waals surface area contributed by atoms with Crippen LogP contribution in [0, 0.1) is 0 Å². The van der Waals surface area contributed by atoms with Crippen LogP contribution in [0.2, 0.25) is 0 Å². The average molecular weight is 486 g/mol. The minimum atomic E-state index is -4.57. The third kappa shape index (κ3) is 4.68. The number of carbonyl (C=O) groups excluding carboxylic acids is 1. The van der Waals surface area contributed by atoms with E-state index in [4.69, 9.17) is 0 Å². The fourth-order valence-corrected chi connectivity index (χ4v) is 4.98. The number of hydrogen-bond acceptors (Lipinski definition) is 5. The van der Waals surface area contributed by atoms with Gasteiger partial charge in [-0.05, 0) is 54.3 Å². The molecule has 0 unspecified atom stereocenters. The van der Waals surface area contributed by atoms with Crippen LogP contribution in [0.1, 0.15) is 45.4 Å². The molecule has 35 heavy (non-hydrogen) atoms. The molecule has 1 N–H and O–H groups in total. The molecule has 2 aromatic carbocycles. The molecule has 10 heteroatoms. The monoisotopic (exact) mass is 485 g/mol. The maximum absolute atomic E-state index is 14.0. The van der Waals surface area contributed by atoms with E-state index in [0.717, 1.165) is 17.5 Å². The summed E-state index contributed by atoms with van der Waals surface area (Å²) in [7, 11) is 1.86. The Kier molecular flexibility index (Phi) is 5.68. The van der Waals surface area contributed by atoms with E-state index in [1.54, 1.807) is 25.4 Å². The van der Waals surface area contributed by atoms with E-state index in [9.17, 15) is 23.1 Å². The number of likely N-dealkylation sites (tertiary alicyclic amines) is 1. The summed E-state index contributed by atoms with van der Waals surface area (Å²) in [5.41, 5.74) is 0.434. The van der Waals surface area contributed by atoms with Crippen molar-refractivity contribution in [3.05, 3.63) is 76.4 Å². The minimum Gasteiger partial charge on any atom is -0.388 e. The number of halogens is 3. The van der Waals surface area contributed by atoms with Gasteiger partial charge in [-0.2, -0.15) is 13.2 Å². The molecule has 1 saturated heterocycles. The number of rotatable bonds is 6. The second-order valence-electron chi connectivity index (χ2n) is 9.73. The first-order valence-electron chi connectivity index (χ1n) is 11.4. The molecular weight excluding hydrogens is 459 g/mol. The fraction of sp³-hybridized carbons (Fsp3) is 0.400. The molecule has 1 amide bonds. The largest absolute Gasteiger partial charge is 0.416 e. The van der Waals surface area contributed by atoms with Gasteiger partial charge in [0.2, 0.25) is 0 Å². The molecular formula is C25H26F3N5O2. The molecule has 5 rings (SSSR count). The molecule has 1 fully saturated rings. The van der Waals surface area contributed by atoms with Gasteiger partial charge in [0, 0.05) is 44.4 Å². The molecule has 2 aliphatic heterocycles. The molecule has 0 atom stereocenters. The van der Waals surface area contributed by atoms with Gasteiger partial charge in [-0.15, -0.1) is 10.2 Å². The van der Waals surface area contributed by atoms with E-state index in [1.807, 2.05) is 34.7 Å². The van der Waals surface area contributed by atoms with Crippen LogP contribution in [0.4, 0.5) is 18.9 Å². The zero-order valence-corrected chi connectivity index (χ0v) is 19.5. The van der Waals surface area contributed by atoms with Crippen LogP contribution in [-0.2, 0) is 39.2 Å². The molecule has 3 aromatic rings. The van der Waals surface area contributed by atoms with Crippen LogP contribution >= 0.6 is 0 Å². The number of aliphatic hydroxyl groups is 1. The lowest BCUT2D eigenvalue weighted by Gasteiger charge is -2.44. The van der Waals surface area contributed by atoms with Crippen LogP contribution in [-0.4, -0.2) is 49.4 Å². The van der Waals surface area contributed by atoms with Crippen molar-refractivity contribution < 1.29 is 23.1 Å². The van der Waals surface area contributed by atoms with Gasteiger partial charge >= 0.3 is 6.18 Å². The van der Waals surface area contributed by atoms with Gasteiger partial charge in [0.1, 0.15) is 12.2 Å². The van der Waals surface area contributed by atoms with Crippen molar-refractivity contribution in [2.24, 2.45) is 7.05 Å². The van der Waals surface area contributed by atoms with E-state index < -0.39 is 23.2 Å². The van der Waals surface area contributed by atoms with Gasteiger partial charge in [-0.25, -0.2) is 0 Å². The Bertz CT molecular complexity index is 1280. The Morgan fingerprint density at radius 2 is 1.89 bits per heavy atom. The normalized spacial score (nSPS) is 17.5. The molecule has 1 aromatic heterocycles. The Labute approximate surface area is 200 Å². The lowest BCUT2D eigenvalue weighted by Crippen LogP contribution is -2.59. The highest BCUT2D eigenvalue weighted by molar-refractivity contribution is 6.10. The molecule has 0 radical (unpaired) electrons. The van der Waals surface area contributed by atoms with E-state index >= 15 is 0 Å². The minimum absolute atomic E-state index is 0.00587.